The highest BCUT2D eigenvalue weighted by molar-refractivity contribution is 7.09. The Morgan fingerprint density at radius 2 is 2.18 bits per heavy atom. The average Bonchev–Trinajstić information content (AvgIpc) is 2.82. The zero-order chi connectivity index (χ0) is 12.3. The molecule has 2 aromatic rings. The van der Waals surface area contributed by atoms with Gasteiger partial charge in [0, 0.05) is 29.7 Å². The largest absolute Gasteiger partial charge is 0.494 e. The van der Waals surface area contributed by atoms with E-state index in [0.717, 1.165) is 23.7 Å². The summed E-state index contributed by atoms with van der Waals surface area (Å²) in [6, 6.07) is 2.08. The smallest absolute Gasteiger partial charge is 0.225 e. The van der Waals surface area contributed by atoms with E-state index in [1.165, 1.54) is 7.11 Å². The van der Waals surface area contributed by atoms with Crippen molar-refractivity contribution >= 4 is 16.7 Å². The minimum atomic E-state index is -0.610. The van der Waals surface area contributed by atoms with Crippen LogP contribution < -0.4 is 10.1 Å². The van der Waals surface area contributed by atoms with Gasteiger partial charge in [-0.15, -0.1) is 0 Å². The van der Waals surface area contributed by atoms with Crippen molar-refractivity contribution in [3.63, 3.8) is 0 Å². The van der Waals surface area contributed by atoms with Crippen LogP contribution in [0.1, 0.15) is 5.56 Å². The summed E-state index contributed by atoms with van der Waals surface area (Å²) >= 11 is 1.04. The van der Waals surface area contributed by atoms with Crippen molar-refractivity contribution < 1.29 is 13.5 Å². The number of methoxy groups -OCH3 is 1. The van der Waals surface area contributed by atoms with E-state index in [4.69, 9.17) is 0 Å². The van der Waals surface area contributed by atoms with Crippen LogP contribution >= 0.6 is 11.5 Å². The summed E-state index contributed by atoms with van der Waals surface area (Å²) in [6.07, 6.45) is 0. The lowest BCUT2D eigenvalue weighted by atomic mass is 10.2. The molecule has 0 aliphatic rings. The van der Waals surface area contributed by atoms with Gasteiger partial charge in [-0.1, -0.05) is 9.59 Å². The maximum atomic E-state index is 13.5. The van der Waals surface area contributed by atoms with E-state index >= 15 is 0 Å². The second-order valence-electron chi connectivity index (χ2n) is 3.10. The fourth-order valence-electron chi connectivity index (χ4n) is 1.23. The van der Waals surface area contributed by atoms with Gasteiger partial charge in [-0.2, -0.15) is 0 Å². The Kier molecular flexibility index (Phi) is 3.43. The van der Waals surface area contributed by atoms with Crippen LogP contribution in [0.25, 0.3) is 0 Å². The summed E-state index contributed by atoms with van der Waals surface area (Å²) < 4.78 is 35.0. The minimum absolute atomic E-state index is 0.101. The van der Waals surface area contributed by atoms with E-state index in [-0.39, 0.29) is 17.9 Å². The molecule has 0 radical (unpaired) electrons. The van der Waals surface area contributed by atoms with Gasteiger partial charge in [-0.25, -0.2) is 8.78 Å². The van der Waals surface area contributed by atoms with E-state index < -0.39 is 11.6 Å². The van der Waals surface area contributed by atoms with Gasteiger partial charge in [-0.3, -0.25) is 0 Å². The number of hydrogen-bond donors (Lipinski definition) is 1. The second kappa shape index (κ2) is 5.00. The number of nitrogens with one attached hydrogen (secondary N) is 1. The fraction of sp³-hybridized carbons (Fsp3) is 0.222. The molecule has 0 bridgehead atoms. The van der Waals surface area contributed by atoms with Gasteiger partial charge in [-0.05, 0) is 11.3 Å². The van der Waals surface area contributed by atoms with Crippen LogP contribution in [0, 0.1) is 11.6 Å². The van der Waals surface area contributed by atoms with Crippen molar-refractivity contribution in [3.05, 3.63) is 29.3 Å². The molecule has 5 nitrogen and oxygen atoms in total. The van der Waals surface area contributed by atoms with Crippen LogP contribution in [0.2, 0.25) is 0 Å². The van der Waals surface area contributed by atoms with Crippen LogP contribution in [0.3, 0.4) is 0 Å². The van der Waals surface area contributed by atoms with Crippen molar-refractivity contribution in [1.82, 2.24) is 14.8 Å². The summed E-state index contributed by atoms with van der Waals surface area (Å²) in [5, 5.41) is 10.2. The van der Waals surface area contributed by atoms with E-state index in [1.807, 2.05) is 0 Å². The molecule has 0 aliphatic heterocycles. The third-order valence-corrected chi connectivity index (χ3v) is 2.60. The van der Waals surface area contributed by atoms with Gasteiger partial charge in [0.2, 0.25) is 5.13 Å². The van der Waals surface area contributed by atoms with Gasteiger partial charge < -0.3 is 10.1 Å². The lowest BCUT2D eigenvalue weighted by molar-refractivity contribution is 0.382. The van der Waals surface area contributed by atoms with E-state index in [0.29, 0.717) is 5.13 Å². The number of anilines is 1. The van der Waals surface area contributed by atoms with Crippen molar-refractivity contribution in [3.8, 4) is 5.75 Å². The lowest BCUT2D eigenvalue weighted by Crippen LogP contribution is -2.03. The number of aromatic nitrogens is 3. The predicted octanol–water partition coefficient (Wildman–Crippen LogP) is 1.83. The lowest BCUT2D eigenvalue weighted by Gasteiger charge is -2.07. The van der Waals surface area contributed by atoms with Crippen LogP contribution in [-0.4, -0.2) is 21.9 Å². The molecule has 1 N–H and O–H groups in total. The molecule has 1 aromatic carbocycles. The first-order chi connectivity index (χ1) is 8.20. The monoisotopic (exact) mass is 258 g/mol. The normalized spacial score (nSPS) is 10.3. The molecule has 0 unspecified atom stereocenters. The molecule has 1 heterocycles. The Morgan fingerprint density at radius 3 is 2.82 bits per heavy atom. The van der Waals surface area contributed by atoms with Crippen LogP contribution in [0.5, 0.6) is 5.75 Å². The third-order valence-electron chi connectivity index (χ3n) is 2.05. The Balaban J connectivity index is 2.13. The molecule has 0 atom stereocenters. The summed E-state index contributed by atoms with van der Waals surface area (Å²) in [4.78, 5) is 0. The van der Waals surface area contributed by atoms with Crippen molar-refractivity contribution in [2.45, 2.75) is 6.54 Å². The first-order valence-electron chi connectivity index (χ1n) is 4.61. The summed E-state index contributed by atoms with van der Waals surface area (Å²) in [5.41, 5.74) is 0.179. The second-order valence-corrected chi connectivity index (χ2v) is 3.83. The SMILES string of the molecule is COc1cc(F)c(CNc2nnns2)cc1F. The van der Waals surface area contributed by atoms with Gasteiger partial charge in [0.1, 0.15) is 5.82 Å². The Hall–Kier alpha value is -1.83. The van der Waals surface area contributed by atoms with Crippen molar-refractivity contribution in [2.24, 2.45) is 0 Å². The minimum Gasteiger partial charge on any atom is -0.494 e. The van der Waals surface area contributed by atoms with Crippen LogP contribution in [-0.2, 0) is 6.54 Å². The van der Waals surface area contributed by atoms with Gasteiger partial charge >= 0.3 is 0 Å². The zero-order valence-electron chi connectivity index (χ0n) is 8.78. The predicted molar refractivity (Wildman–Crippen MR) is 57.9 cm³/mol. The van der Waals surface area contributed by atoms with Crippen LogP contribution in [0.15, 0.2) is 12.1 Å². The first kappa shape index (κ1) is 11.6. The molecule has 8 heteroatoms. The molecule has 1 aromatic heterocycles. The fourth-order valence-corrected chi connectivity index (χ4v) is 1.59. The molecule has 0 fully saturated rings. The highest BCUT2D eigenvalue weighted by atomic mass is 32.1. The number of benzene rings is 1. The van der Waals surface area contributed by atoms with Gasteiger partial charge in [0.05, 0.1) is 7.11 Å². The Morgan fingerprint density at radius 1 is 1.35 bits per heavy atom. The number of nitrogens with zero attached hydrogens (tertiary/aromatic N) is 3. The molecule has 17 heavy (non-hydrogen) atoms. The Bertz CT molecular complexity index is 506. The molecule has 0 spiro atoms. The van der Waals surface area contributed by atoms with Crippen LogP contribution in [0.4, 0.5) is 13.9 Å². The van der Waals surface area contributed by atoms with Gasteiger partial charge in [0.15, 0.2) is 11.6 Å². The van der Waals surface area contributed by atoms with Crippen molar-refractivity contribution in [2.75, 3.05) is 12.4 Å². The highest BCUT2D eigenvalue weighted by Gasteiger charge is 2.10. The quantitative estimate of drug-likeness (QED) is 0.906. The molecule has 0 saturated heterocycles. The first-order valence-corrected chi connectivity index (χ1v) is 5.39. The zero-order valence-corrected chi connectivity index (χ0v) is 9.59. The maximum Gasteiger partial charge on any atom is 0.225 e. The average molecular weight is 258 g/mol. The summed E-state index contributed by atoms with van der Waals surface area (Å²) in [7, 11) is 1.28. The number of hydrogen-bond acceptors (Lipinski definition) is 6. The van der Waals surface area contributed by atoms with E-state index in [2.05, 4.69) is 24.9 Å². The molecule has 2 rings (SSSR count). The summed E-state index contributed by atoms with van der Waals surface area (Å²) in [6.45, 7) is 0.101. The molecular formula is C9H8F2N4OS. The topological polar surface area (TPSA) is 59.9 Å². The maximum absolute atomic E-state index is 13.5. The number of ether oxygens (including phenoxy) is 1. The van der Waals surface area contributed by atoms with Gasteiger partial charge in [0.25, 0.3) is 0 Å². The molecule has 0 amide bonds. The standard InChI is InChI=1S/C9H8F2N4OS/c1-16-8-3-6(10)5(2-7(8)11)4-12-9-13-14-15-17-9/h2-3H,4H2,1H3,(H,12,13,15). The number of halogens is 2. The van der Waals surface area contributed by atoms with E-state index in [1.54, 1.807) is 0 Å². The molecule has 0 aliphatic carbocycles. The summed E-state index contributed by atoms with van der Waals surface area (Å²) in [5.74, 6) is -1.28. The highest BCUT2D eigenvalue weighted by Crippen LogP contribution is 2.21. The molecule has 90 valence electrons. The van der Waals surface area contributed by atoms with Crippen molar-refractivity contribution in [1.29, 1.82) is 0 Å². The van der Waals surface area contributed by atoms with E-state index in [9.17, 15) is 8.78 Å². The molecular weight excluding hydrogens is 250 g/mol. The molecule has 0 saturated carbocycles. The number of rotatable bonds is 4. The Labute approximate surface area is 99.6 Å². The third kappa shape index (κ3) is 2.64.